The van der Waals surface area contributed by atoms with E-state index in [1.54, 1.807) is 0 Å². The summed E-state index contributed by atoms with van der Waals surface area (Å²) in [6, 6.07) is 17.5. The number of aryl methyl sites for hydroxylation is 2. The van der Waals surface area contributed by atoms with Crippen molar-refractivity contribution in [2.45, 2.75) is 194 Å². The summed E-state index contributed by atoms with van der Waals surface area (Å²) in [5.74, 6) is 1.95. The van der Waals surface area contributed by atoms with Gasteiger partial charge in [-0.3, -0.25) is 0 Å². The maximum absolute atomic E-state index is 6.30. The SMILES string of the molecule is CCCCCCCCCCCCCCCc1cccc(Oc2cccc(CCCCCCCCCCCCCCC)c2)c1. The maximum Gasteiger partial charge on any atom is 0.127 e. The molecule has 1 nitrogen and oxygen atoms in total. The molecular weight excluding hydrogens is 520 g/mol. The average Bonchev–Trinajstić information content (AvgIpc) is 3.02. The van der Waals surface area contributed by atoms with Gasteiger partial charge in [0.25, 0.3) is 0 Å². The van der Waals surface area contributed by atoms with Gasteiger partial charge in [-0.15, -0.1) is 0 Å². The van der Waals surface area contributed by atoms with Gasteiger partial charge in [-0.1, -0.05) is 192 Å². The molecule has 2 aromatic carbocycles. The Balaban J connectivity index is 1.50. The van der Waals surface area contributed by atoms with Crippen LogP contribution in [0.1, 0.15) is 192 Å². The Kier molecular flexibility index (Phi) is 24.2. The zero-order valence-corrected chi connectivity index (χ0v) is 28.8. The summed E-state index contributed by atoms with van der Waals surface area (Å²) in [6.45, 7) is 4.60. The smallest absolute Gasteiger partial charge is 0.127 e. The fourth-order valence-corrected chi connectivity index (χ4v) is 6.36. The normalized spacial score (nSPS) is 11.3. The number of benzene rings is 2. The Morgan fingerprint density at radius 1 is 0.349 bits per heavy atom. The molecule has 0 unspecified atom stereocenters. The van der Waals surface area contributed by atoms with Crippen molar-refractivity contribution in [2.75, 3.05) is 0 Å². The van der Waals surface area contributed by atoms with E-state index in [9.17, 15) is 0 Å². The van der Waals surface area contributed by atoms with E-state index >= 15 is 0 Å². The van der Waals surface area contributed by atoms with E-state index in [0.29, 0.717) is 0 Å². The van der Waals surface area contributed by atoms with E-state index in [1.165, 1.54) is 178 Å². The fraction of sp³-hybridized carbons (Fsp3) is 0.714. The Morgan fingerprint density at radius 2 is 0.628 bits per heavy atom. The quantitative estimate of drug-likeness (QED) is 0.0822. The van der Waals surface area contributed by atoms with Gasteiger partial charge in [0, 0.05) is 0 Å². The molecule has 1 heteroatoms. The highest BCUT2D eigenvalue weighted by atomic mass is 16.5. The lowest BCUT2D eigenvalue weighted by molar-refractivity contribution is 0.480. The van der Waals surface area contributed by atoms with Crippen LogP contribution < -0.4 is 4.74 Å². The third kappa shape index (κ3) is 21.6. The molecule has 2 rings (SSSR count). The van der Waals surface area contributed by atoms with Gasteiger partial charge in [0.2, 0.25) is 0 Å². The van der Waals surface area contributed by atoms with E-state index in [-0.39, 0.29) is 0 Å². The largest absolute Gasteiger partial charge is 0.457 e. The number of hydrogen-bond donors (Lipinski definition) is 0. The van der Waals surface area contributed by atoms with Crippen molar-refractivity contribution in [3.8, 4) is 11.5 Å². The van der Waals surface area contributed by atoms with Gasteiger partial charge >= 0.3 is 0 Å². The van der Waals surface area contributed by atoms with Gasteiger partial charge < -0.3 is 4.74 Å². The van der Waals surface area contributed by atoms with Gasteiger partial charge in [0.1, 0.15) is 11.5 Å². The molecule has 0 atom stereocenters. The molecular formula is C42H70O. The van der Waals surface area contributed by atoms with Gasteiger partial charge in [0.15, 0.2) is 0 Å². The van der Waals surface area contributed by atoms with Crippen molar-refractivity contribution in [2.24, 2.45) is 0 Å². The van der Waals surface area contributed by atoms with Crippen LogP contribution in [0, 0.1) is 0 Å². The van der Waals surface area contributed by atoms with Crippen LogP contribution in [0.25, 0.3) is 0 Å². The minimum atomic E-state index is 0.977. The molecule has 0 N–H and O–H groups in total. The molecule has 0 bridgehead atoms. The van der Waals surface area contributed by atoms with E-state index < -0.39 is 0 Å². The van der Waals surface area contributed by atoms with Gasteiger partial charge in [0.05, 0.1) is 0 Å². The third-order valence-corrected chi connectivity index (χ3v) is 9.17. The number of rotatable bonds is 30. The molecule has 0 amide bonds. The molecule has 0 spiro atoms. The Morgan fingerprint density at radius 3 is 0.930 bits per heavy atom. The highest BCUT2D eigenvalue weighted by Gasteiger charge is 2.03. The Hall–Kier alpha value is -1.76. The molecule has 0 radical (unpaired) electrons. The molecule has 0 saturated heterocycles. The van der Waals surface area contributed by atoms with Crippen LogP contribution in [0.2, 0.25) is 0 Å². The van der Waals surface area contributed by atoms with Crippen LogP contribution in [0.15, 0.2) is 48.5 Å². The molecule has 244 valence electrons. The molecule has 0 heterocycles. The summed E-state index contributed by atoms with van der Waals surface area (Å²) in [5.41, 5.74) is 2.81. The number of unbranched alkanes of at least 4 members (excludes halogenated alkanes) is 24. The zero-order valence-electron chi connectivity index (χ0n) is 28.8. The Labute approximate surface area is 269 Å². The molecule has 0 fully saturated rings. The third-order valence-electron chi connectivity index (χ3n) is 9.17. The predicted molar refractivity (Wildman–Crippen MR) is 192 cm³/mol. The van der Waals surface area contributed by atoms with Crippen LogP contribution in [-0.4, -0.2) is 0 Å². The predicted octanol–water partition coefficient (Wildman–Crippen LogP) is 14.7. The first kappa shape index (κ1) is 37.4. The molecule has 0 aliphatic heterocycles. The monoisotopic (exact) mass is 591 g/mol. The first-order chi connectivity index (χ1) is 21.3. The average molecular weight is 591 g/mol. The summed E-state index contributed by atoms with van der Waals surface area (Å²) in [4.78, 5) is 0. The molecule has 0 aromatic heterocycles. The standard InChI is InChI=1S/C42H70O/c1-3-5-7-9-11-13-15-17-19-21-23-25-27-31-39-33-29-35-41(37-39)43-42-36-30-34-40(38-42)32-28-26-24-22-20-18-16-14-12-10-8-6-4-2/h29-30,33-38H,3-28,31-32H2,1-2H3. The second kappa shape index (κ2) is 27.8. The molecule has 2 aromatic rings. The van der Waals surface area contributed by atoms with Crippen LogP contribution in [0.5, 0.6) is 11.5 Å². The molecule has 43 heavy (non-hydrogen) atoms. The van der Waals surface area contributed by atoms with Crippen molar-refractivity contribution in [3.63, 3.8) is 0 Å². The van der Waals surface area contributed by atoms with E-state index in [2.05, 4.69) is 62.4 Å². The van der Waals surface area contributed by atoms with Gasteiger partial charge in [-0.2, -0.15) is 0 Å². The molecule has 0 saturated carbocycles. The van der Waals surface area contributed by atoms with Crippen LogP contribution >= 0.6 is 0 Å². The fourth-order valence-electron chi connectivity index (χ4n) is 6.36. The minimum absolute atomic E-state index is 0.977. The van der Waals surface area contributed by atoms with Crippen LogP contribution in [-0.2, 0) is 12.8 Å². The lowest BCUT2D eigenvalue weighted by Gasteiger charge is -2.10. The first-order valence-corrected chi connectivity index (χ1v) is 19.2. The van der Waals surface area contributed by atoms with Crippen molar-refractivity contribution in [3.05, 3.63) is 59.7 Å². The second-order valence-corrected chi connectivity index (χ2v) is 13.4. The maximum atomic E-state index is 6.30. The van der Waals surface area contributed by atoms with Gasteiger partial charge in [-0.05, 0) is 61.1 Å². The van der Waals surface area contributed by atoms with E-state index in [0.717, 1.165) is 24.3 Å². The van der Waals surface area contributed by atoms with Crippen LogP contribution in [0.3, 0.4) is 0 Å². The van der Waals surface area contributed by atoms with Crippen LogP contribution in [0.4, 0.5) is 0 Å². The Bertz CT molecular complexity index is 799. The summed E-state index contributed by atoms with van der Waals surface area (Å²) in [6.07, 6.45) is 39.0. The number of ether oxygens (including phenoxy) is 1. The topological polar surface area (TPSA) is 9.23 Å². The first-order valence-electron chi connectivity index (χ1n) is 19.2. The summed E-state index contributed by atoms with van der Waals surface area (Å²) < 4.78 is 6.30. The number of hydrogen-bond acceptors (Lipinski definition) is 1. The lowest BCUT2D eigenvalue weighted by atomic mass is 10.0. The summed E-state index contributed by atoms with van der Waals surface area (Å²) in [5, 5.41) is 0. The minimum Gasteiger partial charge on any atom is -0.457 e. The second-order valence-electron chi connectivity index (χ2n) is 13.4. The lowest BCUT2D eigenvalue weighted by Crippen LogP contribution is -1.91. The summed E-state index contributed by atoms with van der Waals surface area (Å²) >= 11 is 0. The van der Waals surface area contributed by atoms with Crippen molar-refractivity contribution in [1.29, 1.82) is 0 Å². The van der Waals surface area contributed by atoms with Crippen molar-refractivity contribution < 1.29 is 4.74 Å². The zero-order chi connectivity index (χ0) is 30.5. The van der Waals surface area contributed by atoms with Crippen molar-refractivity contribution >= 4 is 0 Å². The van der Waals surface area contributed by atoms with E-state index in [1.807, 2.05) is 0 Å². The highest BCUT2D eigenvalue weighted by molar-refractivity contribution is 5.36. The summed E-state index contributed by atoms with van der Waals surface area (Å²) in [7, 11) is 0. The molecule has 0 aliphatic carbocycles. The van der Waals surface area contributed by atoms with Crippen molar-refractivity contribution in [1.82, 2.24) is 0 Å². The van der Waals surface area contributed by atoms with Gasteiger partial charge in [-0.25, -0.2) is 0 Å². The van der Waals surface area contributed by atoms with E-state index in [4.69, 9.17) is 4.74 Å². The highest BCUT2D eigenvalue weighted by Crippen LogP contribution is 2.25. The molecule has 0 aliphatic rings.